The summed E-state index contributed by atoms with van der Waals surface area (Å²) in [4.78, 5) is 22.5. The molecule has 2 atom stereocenters. The van der Waals surface area contributed by atoms with E-state index in [1.54, 1.807) is 12.3 Å². The Morgan fingerprint density at radius 2 is 1.88 bits per heavy atom. The Kier molecular flexibility index (Phi) is 10.5. The summed E-state index contributed by atoms with van der Waals surface area (Å²) in [5.74, 6) is 0.0847. The summed E-state index contributed by atoms with van der Waals surface area (Å²) in [5, 5.41) is 4.10. The fraction of sp³-hybridized carbons (Fsp3) is 0.481. The fourth-order valence-corrected chi connectivity index (χ4v) is 4.70. The summed E-state index contributed by atoms with van der Waals surface area (Å²) in [6.45, 7) is 8.16. The first-order valence-electron chi connectivity index (χ1n) is 11.7. The minimum absolute atomic E-state index is 0. The highest BCUT2D eigenvalue weighted by Crippen LogP contribution is 2.34. The molecule has 7 heteroatoms. The summed E-state index contributed by atoms with van der Waals surface area (Å²) >= 11 is 0. The number of amides is 1. The molecule has 2 aromatic rings. The van der Waals surface area contributed by atoms with Gasteiger partial charge in [0.25, 0.3) is 0 Å². The largest absolute Gasteiger partial charge is 0.396 e. The summed E-state index contributed by atoms with van der Waals surface area (Å²) in [6, 6.07) is 11.0. The average molecular weight is 490 g/mol. The lowest BCUT2D eigenvalue weighted by Gasteiger charge is -2.38. The Hall–Kier alpha value is -2.44. The standard InChI is InChI=1S/C27H36FN3O2.ClH/c1-19-13-22(17-29-33-12-8-11-30(4)5)14-20(2)26(19)31-18-23(15-21(3)27(31)32)16-24-9-6-7-10-25(24)28;/h6-7,9-10,13-14,17,21,23H,8,11-12,15-16,18H2,1-5H3;1H/t21-,23-;/m1./s1. The zero-order valence-corrected chi connectivity index (χ0v) is 21.7. The van der Waals surface area contributed by atoms with E-state index in [4.69, 9.17) is 4.84 Å². The molecule has 2 aromatic carbocycles. The number of hydrogen-bond acceptors (Lipinski definition) is 4. The lowest BCUT2D eigenvalue weighted by molar-refractivity contribution is -0.124. The first kappa shape index (κ1) is 27.8. The summed E-state index contributed by atoms with van der Waals surface area (Å²) in [5.41, 5.74) is 4.66. The molecule has 0 spiro atoms. The van der Waals surface area contributed by atoms with E-state index in [0.717, 1.165) is 47.3 Å². The molecular formula is C27H37ClFN3O2. The number of anilines is 1. The Morgan fingerprint density at radius 3 is 2.53 bits per heavy atom. The zero-order valence-electron chi connectivity index (χ0n) is 20.9. The van der Waals surface area contributed by atoms with Crippen molar-refractivity contribution in [1.82, 2.24) is 4.90 Å². The molecule has 1 amide bonds. The number of benzene rings is 2. The maximum absolute atomic E-state index is 14.2. The van der Waals surface area contributed by atoms with Gasteiger partial charge in [0, 0.05) is 24.7 Å². The van der Waals surface area contributed by atoms with Crippen LogP contribution in [0.4, 0.5) is 10.1 Å². The molecule has 0 aliphatic carbocycles. The van der Waals surface area contributed by atoms with Crippen molar-refractivity contribution in [3.8, 4) is 0 Å². The number of oxime groups is 1. The highest BCUT2D eigenvalue weighted by atomic mass is 35.5. The van der Waals surface area contributed by atoms with Crippen LogP contribution in [0.5, 0.6) is 0 Å². The van der Waals surface area contributed by atoms with Crippen molar-refractivity contribution in [1.29, 1.82) is 0 Å². The number of halogens is 2. The van der Waals surface area contributed by atoms with Crippen LogP contribution >= 0.6 is 12.4 Å². The third-order valence-electron chi connectivity index (χ3n) is 6.18. The van der Waals surface area contributed by atoms with E-state index in [2.05, 4.69) is 10.1 Å². The predicted molar refractivity (Wildman–Crippen MR) is 140 cm³/mol. The molecule has 1 aliphatic heterocycles. The van der Waals surface area contributed by atoms with Crippen LogP contribution in [0.3, 0.4) is 0 Å². The first-order chi connectivity index (χ1) is 15.8. The molecule has 1 aliphatic rings. The first-order valence-corrected chi connectivity index (χ1v) is 11.7. The molecule has 1 saturated heterocycles. The van der Waals surface area contributed by atoms with Gasteiger partial charge < -0.3 is 14.6 Å². The summed E-state index contributed by atoms with van der Waals surface area (Å²) < 4.78 is 14.2. The Balaban J connectivity index is 0.00000408. The van der Waals surface area contributed by atoms with Crippen molar-refractivity contribution >= 4 is 30.2 Å². The third-order valence-corrected chi connectivity index (χ3v) is 6.18. The van der Waals surface area contributed by atoms with Crippen LogP contribution in [0.2, 0.25) is 0 Å². The van der Waals surface area contributed by atoms with Gasteiger partial charge in [0.05, 0.1) is 6.21 Å². The monoisotopic (exact) mass is 489 g/mol. The summed E-state index contributed by atoms with van der Waals surface area (Å²) in [7, 11) is 4.07. The highest BCUT2D eigenvalue weighted by Gasteiger charge is 2.34. The topological polar surface area (TPSA) is 45.1 Å². The van der Waals surface area contributed by atoms with Crippen LogP contribution in [0, 0.1) is 31.5 Å². The van der Waals surface area contributed by atoms with Crippen molar-refractivity contribution in [3.05, 3.63) is 64.5 Å². The van der Waals surface area contributed by atoms with Gasteiger partial charge in [-0.3, -0.25) is 4.79 Å². The van der Waals surface area contributed by atoms with E-state index < -0.39 is 0 Å². The van der Waals surface area contributed by atoms with Crippen LogP contribution in [0.15, 0.2) is 41.6 Å². The number of piperidine rings is 1. The average Bonchev–Trinajstić information content (AvgIpc) is 2.75. The minimum Gasteiger partial charge on any atom is -0.396 e. The van der Waals surface area contributed by atoms with Crippen molar-refractivity contribution in [2.45, 2.75) is 40.0 Å². The van der Waals surface area contributed by atoms with Crippen LogP contribution in [0.25, 0.3) is 0 Å². The van der Waals surface area contributed by atoms with Gasteiger partial charge in [0.1, 0.15) is 12.4 Å². The van der Waals surface area contributed by atoms with E-state index in [1.807, 2.05) is 64.0 Å². The fourth-order valence-electron chi connectivity index (χ4n) is 4.70. The minimum atomic E-state index is -0.173. The number of hydrogen-bond donors (Lipinski definition) is 0. The predicted octanol–water partition coefficient (Wildman–Crippen LogP) is 5.40. The van der Waals surface area contributed by atoms with Gasteiger partial charge in [-0.05, 0) is 93.6 Å². The number of nitrogens with zero attached hydrogens (tertiary/aromatic N) is 3. The van der Waals surface area contributed by atoms with Crippen molar-refractivity contribution in [2.75, 3.05) is 38.7 Å². The van der Waals surface area contributed by atoms with Crippen molar-refractivity contribution in [2.24, 2.45) is 17.0 Å². The quantitative estimate of drug-likeness (QED) is 0.269. The van der Waals surface area contributed by atoms with Gasteiger partial charge in [-0.25, -0.2) is 4.39 Å². The molecule has 34 heavy (non-hydrogen) atoms. The van der Waals surface area contributed by atoms with E-state index in [-0.39, 0.29) is 36.0 Å². The van der Waals surface area contributed by atoms with Crippen LogP contribution in [-0.2, 0) is 16.1 Å². The number of rotatable bonds is 9. The van der Waals surface area contributed by atoms with Gasteiger partial charge in [0.15, 0.2) is 0 Å². The van der Waals surface area contributed by atoms with Crippen molar-refractivity contribution in [3.63, 3.8) is 0 Å². The molecule has 0 N–H and O–H groups in total. The lowest BCUT2D eigenvalue weighted by atomic mass is 9.84. The third kappa shape index (κ3) is 7.28. The number of carbonyl (C=O) groups excluding carboxylic acids is 1. The van der Waals surface area contributed by atoms with E-state index in [9.17, 15) is 9.18 Å². The summed E-state index contributed by atoms with van der Waals surface area (Å²) in [6.07, 6.45) is 4.05. The Morgan fingerprint density at radius 1 is 1.21 bits per heavy atom. The second kappa shape index (κ2) is 12.9. The molecule has 0 saturated carbocycles. The molecule has 186 valence electrons. The van der Waals surface area contributed by atoms with Gasteiger partial charge in [-0.15, -0.1) is 12.4 Å². The Bertz CT molecular complexity index is 973. The van der Waals surface area contributed by atoms with Gasteiger partial charge in [-0.1, -0.05) is 30.3 Å². The van der Waals surface area contributed by atoms with Crippen LogP contribution in [-0.4, -0.2) is 50.8 Å². The van der Waals surface area contributed by atoms with E-state index in [0.29, 0.717) is 19.6 Å². The normalized spacial score (nSPS) is 18.4. The highest BCUT2D eigenvalue weighted by molar-refractivity contribution is 5.97. The zero-order chi connectivity index (χ0) is 24.0. The molecule has 1 heterocycles. The molecule has 0 aromatic heterocycles. The second-order valence-electron chi connectivity index (χ2n) is 9.48. The maximum atomic E-state index is 14.2. The van der Waals surface area contributed by atoms with Crippen LogP contribution < -0.4 is 4.90 Å². The van der Waals surface area contributed by atoms with E-state index >= 15 is 0 Å². The molecular weight excluding hydrogens is 453 g/mol. The van der Waals surface area contributed by atoms with Crippen LogP contribution in [0.1, 0.15) is 42.0 Å². The van der Waals surface area contributed by atoms with E-state index in [1.165, 1.54) is 6.07 Å². The Labute approximate surface area is 209 Å². The molecule has 0 unspecified atom stereocenters. The molecule has 3 rings (SSSR count). The molecule has 0 radical (unpaired) electrons. The maximum Gasteiger partial charge on any atom is 0.229 e. The smallest absolute Gasteiger partial charge is 0.229 e. The van der Waals surface area contributed by atoms with Gasteiger partial charge in [-0.2, -0.15) is 0 Å². The molecule has 5 nitrogen and oxygen atoms in total. The van der Waals surface area contributed by atoms with Gasteiger partial charge >= 0.3 is 0 Å². The number of carbonyl (C=O) groups is 1. The molecule has 1 fully saturated rings. The number of aryl methyl sites for hydroxylation is 2. The van der Waals surface area contributed by atoms with Crippen molar-refractivity contribution < 1.29 is 14.0 Å². The SMILES string of the molecule is Cc1cc(C=NOCCCN(C)C)cc(C)c1N1C[C@@H](Cc2ccccc2F)C[C@@H](C)C1=O.Cl. The second-order valence-corrected chi connectivity index (χ2v) is 9.48. The van der Waals surface area contributed by atoms with Gasteiger partial charge in [0.2, 0.25) is 5.91 Å². The lowest BCUT2D eigenvalue weighted by Crippen LogP contribution is -2.46. The molecule has 0 bridgehead atoms.